The Bertz CT molecular complexity index is 900. The number of benzene rings is 1. The Morgan fingerprint density at radius 1 is 1.19 bits per heavy atom. The largest absolute Gasteiger partial charge is 0.353 e. The van der Waals surface area contributed by atoms with E-state index in [0.717, 1.165) is 30.6 Å². The van der Waals surface area contributed by atoms with Crippen LogP contribution in [-0.2, 0) is 11.2 Å². The van der Waals surface area contributed by atoms with E-state index in [9.17, 15) is 9.59 Å². The number of nitrogens with zero attached hydrogens (tertiary/aromatic N) is 2. The molecule has 0 radical (unpaired) electrons. The third-order valence-corrected chi connectivity index (χ3v) is 6.42. The number of aromatic nitrogens is 2. The Labute approximate surface area is 160 Å². The van der Waals surface area contributed by atoms with E-state index in [2.05, 4.69) is 19.2 Å². The van der Waals surface area contributed by atoms with Gasteiger partial charge in [0.2, 0.25) is 5.91 Å². The van der Waals surface area contributed by atoms with Gasteiger partial charge in [-0.05, 0) is 43.2 Å². The smallest absolute Gasteiger partial charge is 0.261 e. The van der Waals surface area contributed by atoms with Gasteiger partial charge in [0.1, 0.15) is 5.82 Å². The Balaban J connectivity index is 1.49. The minimum absolute atomic E-state index is 0.0354. The second-order valence-electron chi connectivity index (χ2n) is 8.39. The highest BCUT2D eigenvalue weighted by molar-refractivity contribution is 5.78. The van der Waals surface area contributed by atoms with Gasteiger partial charge in [-0.1, -0.05) is 38.8 Å². The van der Waals surface area contributed by atoms with Crippen LogP contribution in [0.4, 0.5) is 0 Å². The van der Waals surface area contributed by atoms with Crippen LogP contribution in [0.25, 0.3) is 10.9 Å². The number of hydrogen-bond donors (Lipinski definition) is 1. The van der Waals surface area contributed by atoms with Crippen molar-refractivity contribution in [2.75, 3.05) is 0 Å². The van der Waals surface area contributed by atoms with Crippen molar-refractivity contribution in [2.45, 2.75) is 70.9 Å². The molecule has 2 aliphatic rings. The summed E-state index contributed by atoms with van der Waals surface area (Å²) in [6.07, 6.45) is 6.45. The molecule has 3 unspecified atom stereocenters. The van der Waals surface area contributed by atoms with Crippen molar-refractivity contribution in [2.24, 2.45) is 11.8 Å². The van der Waals surface area contributed by atoms with Gasteiger partial charge in [0.05, 0.1) is 10.9 Å². The first-order valence-corrected chi connectivity index (χ1v) is 10.3. The highest BCUT2D eigenvalue weighted by Crippen LogP contribution is 2.35. The molecule has 0 aliphatic heterocycles. The zero-order chi connectivity index (χ0) is 19.0. The quantitative estimate of drug-likeness (QED) is 0.878. The van der Waals surface area contributed by atoms with Crippen molar-refractivity contribution in [3.05, 3.63) is 40.4 Å². The SMILES string of the molecule is CC1CCCC(NC(=O)CCc2nc3ccccc3c(=O)n2C2CC2)C1C. The second-order valence-corrected chi connectivity index (χ2v) is 8.39. The van der Waals surface area contributed by atoms with E-state index in [-0.39, 0.29) is 23.6 Å². The van der Waals surface area contributed by atoms with Gasteiger partial charge in [-0.2, -0.15) is 0 Å². The van der Waals surface area contributed by atoms with Gasteiger partial charge >= 0.3 is 0 Å². The molecule has 0 bridgehead atoms. The molecule has 1 N–H and O–H groups in total. The molecule has 3 atom stereocenters. The van der Waals surface area contributed by atoms with Crippen LogP contribution >= 0.6 is 0 Å². The Morgan fingerprint density at radius 3 is 2.74 bits per heavy atom. The number of nitrogens with one attached hydrogen (secondary N) is 1. The number of para-hydroxylation sites is 1. The van der Waals surface area contributed by atoms with Gasteiger partial charge < -0.3 is 5.32 Å². The minimum atomic E-state index is 0.0354. The molecule has 1 amide bonds. The molecule has 2 saturated carbocycles. The van der Waals surface area contributed by atoms with Crippen LogP contribution in [0.3, 0.4) is 0 Å². The van der Waals surface area contributed by atoms with E-state index < -0.39 is 0 Å². The fraction of sp³-hybridized carbons (Fsp3) is 0.591. The van der Waals surface area contributed by atoms with Crippen LogP contribution in [0.2, 0.25) is 0 Å². The molecule has 2 fully saturated rings. The zero-order valence-corrected chi connectivity index (χ0v) is 16.3. The molecular formula is C22H29N3O2. The summed E-state index contributed by atoms with van der Waals surface area (Å²) < 4.78 is 1.83. The van der Waals surface area contributed by atoms with Crippen LogP contribution in [0.15, 0.2) is 29.1 Å². The van der Waals surface area contributed by atoms with Crippen molar-refractivity contribution >= 4 is 16.8 Å². The Kier molecular flexibility index (Phi) is 5.02. The highest BCUT2D eigenvalue weighted by Gasteiger charge is 2.30. The lowest BCUT2D eigenvalue weighted by atomic mass is 9.78. The molecule has 27 heavy (non-hydrogen) atoms. The van der Waals surface area contributed by atoms with Crippen LogP contribution in [0.5, 0.6) is 0 Å². The number of carbonyl (C=O) groups excluding carboxylic acids is 1. The molecule has 0 spiro atoms. The molecule has 2 aliphatic carbocycles. The highest BCUT2D eigenvalue weighted by atomic mass is 16.1. The van der Waals surface area contributed by atoms with Crippen LogP contribution in [0, 0.1) is 11.8 Å². The van der Waals surface area contributed by atoms with Gasteiger partial charge in [-0.25, -0.2) is 4.98 Å². The number of rotatable bonds is 5. The first-order valence-electron chi connectivity index (χ1n) is 10.3. The summed E-state index contributed by atoms with van der Waals surface area (Å²) in [5.74, 6) is 2.00. The Hall–Kier alpha value is -2.17. The lowest BCUT2D eigenvalue weighted by Crippen LogP contribution is -2.43. The summed E-state index contributed by atoms with van der Waals surface area (Å²) in [5, 5.41) is 3.90. The third kappa shape index (κ3) is 3.78. The molecule has 5 heteroatoms. The van der Waals surface area contributed by atoms with Gasteiger partial charge in [0.25, 0.3) is 5.56 Å². The molecule has 1 heterocycles. The van der Waals surface area contributed by atoms with Crippen LogP contribution < -0.4 is 10.9 Å². The number of carbonyl (C=O) groups is 1. The summed E-state index contributed by atoms with van der Waals surface area (Å²) in [4.78, 5) is 30.2. The summed E-state index contributed by atoms with van der Waals surface area (Å²) >= 11 is 0. The van der Waals surface area contributed by atoms with Crippen molar-refractivity contribution in [3.8, 4) is 0 Å². The van der Waals surface area contributed by atoms with E-state index in [4.69, 9.17) is 4.98 Å². The molecule has 144 valence electrons. The van der Waals surface area contributed by atoms with Crippen molar-refractivity contribution < 1.29 is 4.79 Å². The van der Waals surface area contributed by atoms with Crippen molar-refractivity contribution in [1.82, 2.24) is 14.9 Å². The molecule has 5 nitrogen and oxygen atoms in total. The van der Waals surface area contributed by atoms with Crippen LogP contribution in [0.1, 0.15) is 64.2 Å². The topological polar surface area (TPSA) is 64.0 Å². The summed E-state index contributed by atoms with van der Waals surface area (Å²) in [6.45, 7) is 4.51. The summed E-state index contributed by atoms with van der Waals surface area (Å²) in [5.41, 5.74) is 0.762. The average molecular weight is 367 g/mol. The van der Waals surface area contributed by atoms with E-state index >= 15 is 0 Å². The van der Waals surface area contributed by atoms with Crippen molar-refractivity contribution in [3.63, 3.8) is 0 Å². The van der Waals surface area contributed by atoms with Gasteiger partial charge in [-0.15, -0.1) is 0 Å². The standard InChI is InChI=1S/C22H29N3O2/c1-14-6-5-9-18(15(14)2)24-21(26)13-12-20-23-19-8-4-3-7-17(19)22(27)25(20)16-10-11-16/h3-4,7-8,14-16,18H,5-6,9-13H2,1-2H3,(H,24,26). The van der Waals surface area contributed by atoms with Gasteiger partial charge in [0, 0.05) is 24.9 Å². The fourth-order valence-electron chi connectivity index (χ4n) is 4.37. The second kappa shape index (κ2) is 7.45. The lowest BCUT2D eigenvalue weighted by Gasteiger charge is -2.34. The third-order valence-electron chi connectivity index (χ3n) is 6.42. The first kappa shape index (κ1) is 18.2. The Morgan fingerprint density at radius 2 is 1.96 bits per heavy atom. The average Bonchev–Trinajstić information content (AvgIpc) is 3.49. The molecule has 2 aromatic rings. The van der Waals surface area contributed by atoms with Crippen LogP contribution in [-0.4, -0.2) is 21.5 Å². The minimum Gasteiger partial charge on any atom is -0.353 e. The predicted octanol–water partition coefficient (Wildman–Crippen LogP) is 3.60. The van der Waals surface area contributed by atoms with E-state index in [1.807, 2.05) is 28.8 Å². The summed E-state index contributed by atoms with van der Waals surface area (Å²) in [6, 6.07) is 8.03. The number of aryl methyl sites for hydroxylation is 1. The predicted molar refractivity (Wildman–Crippen MR) is 107 cm³/mol. The molecular weight excluding hydrogens is 338 g/mol. The normalized spacial score (nSPS) is 25.5. The molecule has 0 saturated heterocycles. The lowest BCUT2D eigenvalue weighted by molar-refractivity contribution is -0.122. The number of amides is 1. The molecule has 4 rings (SSSR count). The maximum absolute atomic E-state index is 12.9. The van der Waals surface area contributed by atoms with E-state index in [1.165, 1.54) is 12.8 Å². The monoisotopic (exact) mass is 367 g/mol. The maximum Gasteiger partial charge on any atom is 0.261 e. The maximum atomic E-state index is 12.9. The van der Waals surface area contributed by atoms with Gasteiger partial charge in [0.15, 0.2) is 0 Å². The first-order chi connectivity index (χ1) is 13.0. The molecule has 1 aromatic carbocycles. The van der Waals surface area contributed by atoms with E-state index in [0.29, 0.717) is 30.1 Å². The van der Waals surface area contributed by atoms with E-state index in [1.54, 1.807) is 0 Å². The number of hydrogen-bond acceptors (Lipinski definition) is 3. The van der Waals surface area contributed by atoms with Crippen molar-refractivity contribution in [1.29, 1.82) is 0 Å². The fourth-order valence-corrected chi connectivity index (χ4v) is 4.37. The zero-order valence-electron chi connectivity index (χ0n) is 16.3. The molecule has 1 aromatic heterocycles. The summed E-state index contributed by atoms with van der Waals surface area (Å²) in [7, 11) is 0. The van der Waals surface area contributed by atoms with Gasteiger partial charge in [-0.3, -0.25) is 14.2 Å². The number of fused-ring (bicyclic) bond motifs is 1.